The summed E-state index contributed by atoms with van der Waals surface area (Å²) in [5.74, 6) is 0.866. The predicted octanol–water partition coefficient (Wildman–Crippen LogP) is 5.76. The van der Waals surface area contributed by atoms with Crippen LogP contribution in [0.3, 0.4) is 0 Å². The minimum atomic E-state index is -0.0363. The van der Waals surface area contributed by atoms with Crippen molar-refractivity contribution in [1.82, 2.24) is 9.88 Å². The van der Waals surface area contributed by atoms with E-state index in [0.717, 1.165) is 60.6 Å². The maximum atomic E-state index is 13.3. The van der Waals surface area contributed by atoms with Crippen molar-refractivity contribution >= 4 is 22.5 Å². The number of ether oxygens (including phenoxy) is 1. The van der Waals surface area contributed by atoms with Gasteiger partial charge in [0.1, 0.15) is 5.75 Å². The first-order valence-electron chi connectivity index (χ1n) is 11.8. The molecule has 0 saturated carbocycles. The first-order valence-corrected chi connectivity index (χ1v) is 11.8. The van der Waals surface area contributed by atoms with Crippen LogP contribution in [0.1, 0.15) is 18.4 Å². The second-order valence-electron chi connectivity index (χ2n) is 8.82. The van der Waals surface area contributed by atoms with Gasteiger partial charge in [0.05, 0.1) is 18.5 Å². The summed E-state index contributed by atoms with van der Waals surface area (Å²) in [7, 11) is 1.66. The molecule has 5 rings (SSSR count). The normalized spacial score (nSPS) is 16.3. The van der Waals surface area contributed by atoms with Gasteiger partial charge in [0.15, 0.2) is 0 Å². The van der Waals surface area contributed by atoms with Gasteiger partial charge >= 0.3 is 0 Å². The fourth-order valence-corrected chi connectivity index (χ4v) is 4.80. The molecule has 5 heteroatoms. The lowest BCUT2D eigenvalue weighted by Crippen LogP contribution is -2.40. The smallest absolute Gasteiger partial charge is 0.228 e. The number of hydrogen-bond donors (Lipinski definition) is 1. The molecule has 1 aliphatic heterocycles. The summed E-state index contributed by atoms with van der Waals surface area (Å²) in [4.78, 5) is 20.2. The van der Waals surface area contributed by atoms with Crippen molar-refractivity contribution in [3.8, 4) is 16.9 Å². The number of anilines is 1. The summed E-state index contributed by atoms with van der Waals surface area (Å²) < 4.78 is 5.28. The van der Waals surface area contributed by atoms with Crippen LogP contribution in [0.4, 0.5) is 5.69 Å². The number of nitrogens with one attached hydrogen (secondary N) is 1. The van der Waals surface area contributed by atoms with E-state index in [0.29, 0.717) is 0 Å². The van der Waals surface area contributed by atoms with Crippen LogP contribution in [0, 0.1) is 5.92 Å². The number of rotatable bonds is 6. The molecule has 0 spiro atoms. The Morgan fingerprint density at radius 1 is 1.03 bits per heavy atom. The van der Waals surface area contributed by atoms with E-state index < -0.39 is 0 Å². The lowest BCUT2D eigenvalue weighted by Gasteiger charge is -2.32. The number of piperidine rings is 1. The highest BCUT2D eigenvalue weighted by molar-refractivity contribution is 5.97. The summed E-state index contributed by atoms with van der Waals surface area (Å²) in [5, 5.41) is 4.40. The van der Waals surface area contributed by atoms with E-state index >= 15 is 0 Å². The van der Waals surface area contributed by atoms with Gasteiger partial charge in [-0.1, -0.05) is 48.5 Å². The van der Waals surface area contributed by atoms with Crippen LogP contribution in [-0.4, -0.2) is 36.0 Å². The Kier molecular flexibility index (Phi) is 6.54. The van der Waals surface area contributed by atoms with Gasteiger partial charge in [-0.15, -0.1) is 0 Å². The highest BCUT2D eigenvalue weighted by Crippen LogP contribution is 2.30. The Hall–Kier alpha value is -3.70. The minimum Gasteiger partial charge on any atom is -0.497 e. The Labute approximate surface area is 200 Å². The average Bonchev–Trinajstić information content (AvgIpc) is 2.89. The minimum absolute atomic E-state index is 0.0363. The van der Waals surface area contributed by atoms with E-state index in [1.165, 1.54) is 10.9 Å². The molecule has 1 aliphatic rings. The number of nitrogens with zero attached hydrogens (tertiary/aromatic N) is 2. The molecule has 5 nitrogen and oxygen atoms in total. The number of hydrogen-bond acceptors (Lipinski definition) is 4. The molecule has 0 bridgehead atoms. The highest BCUT2D eigenvalue weighted by atomic mass is 16.5. The number of fused-ring (bicyclic) bond motifs is 1. The number of pyridine rings is 1. The molecular weight excluding hydrogens is 422 g/mol. The maximum absolute atomic E-state index is 13.3. The number of methoxy groups -OCH3 is 1. The van der Waals surface area contributed by atoms with Crippen molar-refractivity contribution in [3.05, 3.63) is 90.6 Å². The van der Waals surface area contributed by atoms with Crippen LogP contribution < -0.4 is 10.1 Å². The molecule has 1 amide bonds. The number of para-hydroxylation sites is 2. The van der Waals surface area contributed by atoms with Crippen LogP contribution in [0.25, 0.3) is 22.0 Å². The monoisotopic (exact) mass is 451 g/mol. The molecule has 2 heterocycles. The number of amides is 1. The Morgan fingerprint density at radius 2 is 1.82 bits per heavy atom. The Balaban J connectivity index is 1.29. The fourth-order valence-electron chi connectivity index (χ4n) is 4.80. The van der Waals surface area contributed by atoms with Gasteiger partial charge in [0.2, 0.25) is 5.91 Å². The molecule has 4 aromatic rings. The van der Waals surface area contributed by atoms with Gasteiger partial charge in [-0.25, -0.2) is 0 Å². The zero-order chi connectivity index (χ0) is 23.3. The molecule has 3 aromatic carbocycles. The van der Waals surface area contributed by atoms with Crippen molar-refractivity contribution in [2.75, 3.05) is 25.5 Å². The van der Waals surface area contributed by atoms with Crippen molar-refractivity contribution in [3.63, 3.8) is 0 Å². The van der Waals surface area contributed by atoms with Crippen molar-refractivity contribution in [2.45, 2.75) is 19.4 Å². The van der Waals surface area contributed by atoms with Crippen molar-refractivity contribution in [2.24, 2.45) is 5.92 Å². The SMILES string of the molecule is COc1ccc(-c2ccccc2NC(=O)C2CCCN(Cc3ccnc4ccccc34)C2)cc1. The van der Waals surface area contributed by atoms with E-state index in [1.807, 2.05) is 66.9 Å². The van der Waals surface area contributed by atoms with Crippen molar-refractivity contribution in [1.29, 1.82) is 0 Å². The van der Waals surface area contributed by atoms with E-state index in [-0.39, 0.29) is 11.8 Å². The third-order valence-electron chi connectivity index (χ3n) is 6.60. The predicted molar refractivity (Wildman–Crippen MR) is 137 cm³/mol. The molecule has 0 radical (unpaired) electrons. The Bertz CT molecular complexity index is 1280. The first kappa shape index (κ1) is 22.1. The van der Waals surface area contributed by atoms with Gasteiger partial charge in [0, 0.05) is 35.9 Å². The quantitative estimate of drug-likeness (QED) is 0.405. The lowest BCUT2D eigenvalue weighted by molar-refractivity contribution is -0.121. The van der Waals surface area contributed by atoms with E-state index in [1.54, 1.807) is 7.11 Å². The molecule has 172 valence electrons. The van der Waals surface area contributed by atoms with Gasteiger partial charge in [0.25, 0.3) is 0 Å². The summed E-state index contributed by atoms with van der Waals surface area (Å²) in [6.07, 6.45) is 3.80. The van der Waals surface area contributed by atoms with Crippen molar-refractivity contribution < 1.29 is 9.53 Å². The number of likely N-dealkylation sites (tertiary alicyclic amines) is 1. The third-order valence-corrected chi connectivity index (χ3v) is 6.60. The first-order chi connectivity index (χ1) is 16.7. The standard InChI is InChI=1S/C29H29N3O2/c1-34-24-14-12-21(13-15-24)25-8-3-5-11-28(25)31-29(33)23-7-6-18-32(20-23)19-22-16-17-30-27-10-4-2-9-26(22)27/h2-5,8-17,23H,6-7,18-20H2,1H3,(H,31,33). The fraction of sp³-hybridized carbons (Fsp3) is 0.241. The summed E-state index contributed by atoms with van der Waals surface area (Å²) in [6.45, 7) is 2.59. The molecule has 0 aliphatic carbocycles. The van der Waals surface area contributed by atoms with Crippen LogP contribution >= 0.6 is 0 Å². The van der Waals surface area contributed by atoms with Gasteiger partial charge in [-0.05, 0) is 60.8 Å². The lowest BCUT2D eigenvalue weighted by atomic mass is 9.95. The molecule has 1 saturated heterocycles. The molecule has 1 aromatic heterocycles. The van der Waals surface area contributed by atoms with E-state index in [2.05, 4.69) is 33.4 Å². The van der Waals surface area contributed by atoms with E-state index in [4.69, 9.17) is 4.74 Å². The number of aromatic nitrogens is 1. The van der Waals surface area contributed by atoms with E-state index in [9.17, 15) is 4.79 Å². The summed E-state index contributed by atoms with van der Waals surface area (Å²) in [5.41, 5.74) is 5.17. The van der Waals surface area contributed by atoms with Crippen LogP contribution in [0.2, 0.25) is 0 Å². The second-order valence-corrected chi connectivity index (χ2v) is 8.82. The summed E-state index contributed by atoms with van der Waals surface area (Å²) >= 11 is 0. The maximum Gasteiger partial charge on any atom is 0.228 e. The van der Waals surface area contributed by atoms with Crippen LogP contribution in [-0.2, 0) is 11.3 Å². The number of carbonyl (C=O) groups excluding carboxylic acids is 1. The summed E-state index contributed by atoms with van der Waals surface area (Å²) in [6, 6.07) is 26.2. The molecule has 1 N–H and O–H groups in total. The number of carbonyl (C=O) groups is 1. The molecule has 1 fully saturated rings. The molecule has 34 heavy (non-hydrogen) atoms. The van der Waals surface area contributed by atoms with Gasteiger partial charge < -0.3 is 10.1 Å². The Morgan fingerprint density at radius 3 is 2.68 bits per heavy atom. The molecular formula is C29H29N3O2. The zero-order valence-corrected chi connectivity index (χ0v) is 19.4. The van der Waals surface area contributed by atoms with Crippen LogP contribution in [0.15, 0.2) is 85.1 Å². The molecule has 1 unspecified atom stereocenters. The molecule has 1 atom stereocenters. The van der Waals surface area contributed by atoms with Crippen LogP contribution in [0.5, 0.6) is 5.75 Å². The number of benzene rings is 3. The largest absolute Gasteiger partial charge is 0.497 e. The highest BCUT2D eigenvalue weighted by Gasteiger charge is 2.26. The zero-order valence-electron chi connectivity index (χ0n) is 19.4. The van der Waals surface area contributed by atoms with Gasteiger partial charge in [-0.3, -0.25) is 14.7 Å². The average molecular weight is 452 g/mol. The third kappa shape index (κ3) is 4.80. The van der Waals surface area contributed by atoms with Gasteiger partial charge in [-0.2, -0.15) is 0 Å². The topological polar surface area (TPSA) is 54.5 Å². The second kappa shape index (κ2) is 10.1.